The van der Waals surface area contributed by atoms with Gasteiger partial charge in [0.15, 0.2) is 9.84 Å². The summed E-state index contributed by atoms with van der Waals surface area (Å²) in [6, 6.07) is 2.57. The van der Waals surface area contributed by atoms with Crippen LogP contribution in [-0.2, 0) is 9.84 Å². The molecule has 1 aromatic heterocycles. The van der Waals surface area contributed by atoms with Crippen molar-refractivity contribution >= 4 is 33.2 Å². The first-order chi connectivity index (χ1) is 8.88. The summed E-state index contributed by atoms with van der Waals surface area (Å²) >= 11 is 5.71. The van der Waals surface area contributed by atoms with E-state index in [1.165, 1.54) is 12.1 Å². The van der Waals surface area contributed by atoms with Crippen LogP contribution in [-0.4, -0.2) is 42.0 Å². The minimum atomic E-state index is -3.03. The van der Waals surface area contributed by atoms with E-state index in [0.29, 0.717) is 12.8 Å². The zero-order valence-corrected chi connectivity index (χ0v) is 11.5. The molecule has 8 heteroatoms. The fraction of sp³-hybridized carbons (Fsp3) is 0.455. The lowest BCUT2D eigenvalue weighted by Crippen LogP contribution is -2.25. The Labute approximate surface area is 115 Å². The Kier molecular flexibility index (Phi) is 3.96. The zero-order valence-electron chi connectivity index (χ0n) is 9.97. The lowest BCUT2D eigenvalue weighted by molar-refractivity contribution is 0.0697. The number of carbonyl (C=O) groups is 1. The van der Waals surface area contributed by atoms with Crippen molar-refractivity contribution in [2.75, 3.05) is 17.6 Å². The maximum Gasteiger partial charge on any atom is 0.335 e. The highest BCUT2D eigenvalue weighted by atomic mass is 35.5. The molecule has 1 saturated heterocycles. The van der Waals surface area contributed by atoms with E-state index in [-0.39, 0.29) is 28.8 Å². The lowest BCUT2D eigenvalue weighted by atomic mass is 10.2. The first-order valence-corrected chi connectivity index (χ1v) is 7.84. The minimum Gasteiger partial charge on any atom is -0.478 e. The normalized spacial score (nSPS) is 21.2. The van der Waals surface area contributed by atoms with Crippen LogP contribution < -0.4 is 5.32 Å². The molecule has 0 bridgehead atoms. The summed E-state index contributed by atoms with van der Waals surface area (Å²) in [5.41, 5.74) is 0.0109. The van der Waals surface area contributed by atoms with Crippen molar-refractivity contribution in [3.05, 3.63) is 22.8 Å². The van der Waals surface area contributed by atoms with Crippen molar-refractivity contribution in [2.24, 2.45) is 0 Å². The monoisotopic (exact) mass is 304 g/mol. The first-order valence-electron chi connectivity index (χ1n) is 5.75. The Bertz CT molecular complexity index is 603. The number of rotatable bonds is 4. The number of hydrogen-bond donors (Lipinski definition) is 2. The van der Waals surface area contributed by atoms with Crippen LogP contribution in [0.15, 0.2) is 12.1 Å². The molecule has 0 aromatic carbocycles. The zero-order chi connectivity index (χ0) is 14.0. The van der Waals surface area contributed by atoms with Crippen LogP contribution in [0.25, 0.3) is 0 Å². The van der Waals surface area contributed by atoms with Gasteiger partial charge < -0.3 is 10.4 Å². The molecule has 2 heterocycles. The van der Waals surface area contributed by atoms with Crippen molar-refractivity contribution in [1.82, 2.24) is 4.98 Å². The molecule has 2 rings (SSSR count). The smallest absolute Gasteiger partial charge is 0.335 e. The molecule has 0 radical (unpaired) electrons. The summed E-state index contributed by atoms with van der Waals surface area (Å²) in [4.78, 5) is 14.8. The fourth-order valence-electron chi connectivity index (χ4n) is 2.02. The number of carboxylic acids is 1. The van der Waals surface area contributed by atoms with Gasteiger partial charge in [-0.2, -0.15) is 0 Å². The Balaban J connectivity index is 2.10. The standard InChI is InChI=1S/C11H13ClN2O4S/c12-9-4-7(11(15)16)5-10(14-9)13-6-8-2-1-3-19(8,17)18/h4-5,8H,1-3,6H2,(H,13,14)(H,15,16). The van der Waals surface area contributed by atoms with Crippen LogP contribution in [0.3, 0.4) is 0 Å². The molecule has 0 aliphatic carbocycles. The average Bonchev–Trinajstić information content (AvgIpc) is 2.65. The van der Waals surface area contributed by atoms with Gasteiger partial charge in [0.2, 0.25) is 0 Å². The minimum absolute atomic E-state index is 0.0109. The summed E-state index contributed by atoms with van der Waals surface area (Å²) in [5, 5.41) is 11.3. The summed E-state index contributed by atoms with van der Waals surface area (Å²) in [5.74, 6) is -0.629. The first kappa shape index (κ1) is 14.1. The molecule has 1 aliphatic heterocycles. The van der Waals surface area contributed by atoms with Crippen molar-refractivity contribution in [1.29, 1.82) is 0 Å². The van der Waals surface area contributed by atoms with Gasteiger partial charge in [0.25, 0.3) is 0 Å². The number of aromatic carboxylic acids is 1. The number of nitrogens with zero attached hydrogens (tertiary/aromatic N) is 1. The molecule has 19 heavy (non-hydrogen) atoms. The van der Waals surface area contributed by atoms with Gasteiger partial charge in [-0.1, -0.05) is 11.6 Å². The number of sulfone groups is 1. The number of halogens is 1. The van der Waals surface area contributed by atoms with Crippen molar-refractivity contribution in [3.63, 3.8) is 0 Å². The number of anilines is 1. The third-order valence-electron chi connectivity index (χ3n) is 3.01. The van der Waals surface area contributed by atoms with Crippen molar-refractivity contribution in [3.8, 4) is 0 Å². The third-order valence-corrected chi connectivity index (χ3v) is 5.48. The molecule has 1 unspecified atom stereocenters. The van der Waals surface area contributed by atoms with Crippen LogP contribution >= 0.6 is 11.6 Å². The highest BCUT2D eigenvalue weighted by molar-refractivity contribution is 7.92. The molecule has 1 fully saturated rings. The van der Waals surface area contributed by atoms with Crippen LogP contribution in [0, 0.1) is 0 Å². The van der Waals surface area contributed by atoms with Gasteiger partial charge >= 0.3 is 5.97 Å². The number of carboxylic acid groups (broad SMARTS) is 1. The van der Waals surface area contributed by atoms with E-state index in [0.717, 1.165) is 0 Å². The molecule has 1 aromatic rings. The maximum absolute atomic E-state index is 11.6. The Hall–Kier alpha value is -1.34. The van der Waals surface area contributed by atoms with E-state index in [1.807, 2.05) is 0 Å². The molecule has 6 nitrogen and oxygen atoms in total. The number of hydrogen-bond acceptors (Lipinski definition) is 5. The summed E-state index contributed by atoms with van der Waals surface area (Å²) in [6.07, 6.45) is 1.28. The quantitative estimate of drug-likeness (QED) is 0.817. The second kappa shape index (κ2) is 5.34. The highest BCUT2D eigenvalue weighted by Gasteiger charge is 2.30. The SMILES string of the molecule is O=C(O)c1cc(Cl)nc(NCC2CCCS2(=O)=O)c1. The van der Waals surface area contributed by atoms with Gasteiger partial charge in [0, 0.05) is 6.54 Å². The number of nitrogens with one attached hydrogen (secondary N) is 1. The molecule has 104 valence electrons. The van der Waals surface area contributed by atoms with Gasteiger partial charge in [-0.05, 0) is 25.0 Å². The van der Waals surface area contributed by atoms with Crippen LogP contribution in [0.1, 0.15) is 23.2 Å². The molecule has 0 spiro atoms. The van der Waals surface area contributed by atoms with Crippen LogP contribution in [0.2, 0.25) is 5.15 Å². The average molecular weight is 305 g/mol. The molecule has 0 saturated carbocycles. The highest BCUT2D eigenvalue weighted by Crippen LogP contribution is 2.21. The largest absolute Gasteiger partial charge is 0.478 e. The molecular weight excluding hydrogens is 292 g/mol. The van der Waals surface area contributed by atoms with E-state index in [1.54, 1.807) is 0 Å². The van der Waals surface area contributed by atoms with E-state index < -0.39 is 21.1 Å². The van der Waals surface area contributed by atoms with Crippen molar-refractivity contribution < 1.29 is 18.3 Å². The number of pyridine rings is 1. The van der Waals surface area contributed by atoms with Gasteiger partial charge in [-0.3, -0.25) is 0 Å². The van der Waals surface area contributed by atoms with E-state index >= 15 is 0 Å². The maximum atomic E-state index is 11.6. The lowest BCUT2D eigenvalue weighted by Gasteiger charge is -2.11. The van der Waals surface area contributed by atoms with Gasteiger partial charge in [-0.15, -0.1) is 0 Å². The summed E-state index contributed by atoms with van der Waals surface area (Å²) in [7, 11) is -3.03. The second-order valence-corrected chi connectivity index (χ2v) is 7.17. The Morgan fingerprint density at radius 1 is 1.53 bits per heavy atom. The predicted octanol–water partition coefficient (Wildman–Crippen LogP) is 1.42. The molecule has 1 aliphatic rings. The Morgan fingerprint density at radius 2 is 2.26 bits per heavy atom. The van der Waals surface area contributed by atoms with E-state index in [2.05, 4.69) is 10.3 Å². The summed E-state index contributed by atoms with van der Waals surface area (Å²) < 4.78 is 23.3. The van der Waals surface area contributed by atoms with Crippen molar-refractivity contribution in [2.45, 2.75) is 18.1 Å². The van der Waals surface area contributed by atoms with Gasteiger partial charge in [0.1, 0.15) is 11.0 Å². The second-order valence-electron chi connectivity index (χ2n) is 4.38. The van der Waals surface area contributed by atoms with E-state index in [9.17, 15) is 13.2 Å². The topological polar surface area (TPSA) is 96.4 Å². The van der Waals surface area contributed by atoms with Gasteiger partial charge in [0.05, 0.1) is 16.6 Å². The van der Waals surface area contributed by atoms with Crippen LogP contribution in [0.5, 0.6) is 0 Å². The summed E-state index contributed by atoms with van der Waals surface area (Å²) in [6.45, 7) is 0.217. The predicted molar refractivity (Wildman–Crippen MR) is 71.5 cm³/mol. The molecule has 2 N–H and O–H groups in total. The molecule has 0 amide bonds. The number of aromatic nitrogens is 1. The third kappa shape index (κ3) is 3.36. The Morgan fingerprint density at radius 3 is 2.84 bits per heavy atom. The molecular formula is C11H13ClN2O4S. The van der Waals surface area contributed by atoms with E-state index in [4.69, 9.17) is 16.7 Å². The van der Waals surface area contributed by atoms with Gasteiger partial charge in [-0.25, -0.2) is 18.2 Å². The van der Waals surface area contributed by atoms with Crippen LogP contribution in [0.4, 0.5) is 5.82 Å². The molecule has 1 atom stereocenters. The fourth-order valence-corrected chi connectivity index (χ4v) is 3.99.